The molecule has 0 spiro atoms. The molecule has 0 bridgehead atoms. The summed E-state index contributed by atoms with van der Waals surface area (Å²) in [6, 6.07) is 6.57. The van der Waals surface area contributed by atoms with Gasteiger partial charge in [-0.1, -0.05) is 11.6 Å². The molecule has 2 amide bonds. The van der Waals surface area contributed by atoms with Crippen LogP contribution in [-0.4, -0.2) is 25.0 Å². The summed E-state index contributed by atoms with van der Waals surface area (Å²) in [7, 11) is 1.41. The lowest BCUT2D eigenvalue weighted by Crippen LogP contribution is -2.37. The average Bonchev–Trinajstić information content (AvgIpc) is 3.09. The second-order valence-corrected chi connectivity index (χ2v) is 6.66. The van der Waals surface area contributed by atoms with Gasteiger partial charge in [-0.15, -0.1) is 0 Å². The van der Waals surface area contributed by atoms with Crippen molar-refractivity contribution in [2.45, 2.75) is 25.1 Å². The molecule has 1 atom stereocenters. The number of hydrogen-bond acceptors (Lipinski definition) is 4. The molecule has 1 heterocycles. The number of carbonyl (C=O) groups is 2. The van der Waals surface area contributed by atoms with Crippen molar-refractivity contribution in [1.82, 2.24) is 5.32 Å². The van der Waals surface area contributed by atoms with Crippen LogP contribution in [0, 0.1) is 0 Å². The van der Waals surface area contributed by atoms with Crippen LogP contribution >= 0.6 is 11.6 Å². The molecule has 1 aliphatic rings. The summed E-state index contributed by atoms with van der Waals surface area (Å²) in [5.74, 6) is -0.0399. The van der Waals surface area contributed by atoms with Crippen LogP contribution in [0.4, 0.5) is 18.9 Å². The maximum absolute atomic E-state index is 12.8. The Morgan fingerprint density at radius 2 is 1.93 bits per heavy atom. The van der Waals surface area contributed by atoms with Gasteiger partial charge in [-0.05, 0) is 36.8 Å². The van der Waals surface area contributed by atoms with E-state index in [1.54, 1.807) is 0 Å². The van der Waals surface area contributed by atoms with Gasteiger partial charge in [0.05, 0.1) is 23.4 Å². The number of hydrogen-bond donors (Lipinski definition) is 2. The van der Waals surface area contributed by atoms with E-state index in [2.05, 4.69) is 10.6 Å². The van der Waals surface area contributed by atoms with Crippen LogP contribution in [0.3, 0.4) is 0 Å². The van der Waals surface area contributed by atoms with E-state index in [0.717, 1.165) is 18.2 Å². The summed E-state index contributed by atoms with van der Waals surface area (Å²) >= 11 is 5.91. The second-order valence-electron chi connectivity index (χ2n) is 6.26. The predicted octanol–water partition coefficient (Wildman–Crippen LogP) is 4.38. The SMILES string of the molecule is COc1ccc(Oc2ccc(C(F)(F)F)cc2Cl)cc1NC(=O)C1CCC(=O)N1. The van der Waals surface area contributed by atoms with Crippen LogP contribution in [-0.2, 0) is 15.8 Å². The third-order valence-corrected chi connectivity index (χ3v) is 4.52. The van der Waals surface area contributed by atoms with Crippen molar-refractivity contribution in [2.24, 2.45) is 0 Å². The van der Waals surface area contributed by atoms with Gasteiger partial charge in [-0.2, -0.15) is 13.2 Å². The van der Waals surface area contributed by atoms with Gasteiger partial charge >= 0.3 is 6.18 Å². The van der Waals surface area contributed by atoms with Crippen molar-refractivity contribution >= 4 is 29.1 Å². The van der Waals surface area contributed by atoms with Crippen LogP contribution in [0.5, 0.6) is 17.2 Å². The summed E-state index contributed by atoms with van der Waals surface area (Å²) in [6.45, 7) is 0. The van der Waals surface area contributed by atoms with Crippen molar-refractivity contribution in [3.63, 3.8) is 0 Å². The van der Waals surface area contributed by atoms with E-state index < -0.39 is 23.7 Å². The normalized spacial score (nSPS) is 16.3. The van der Waals surface area contributed by atoms with Crippen molar-refractivity contribution in [3.05, 3.63) is 47.0 Å². The summed E-state index contributed by atoms with van der Waals surface area (Å²) in [4.78, 5) is 23.6. The zero-order chi connectivity index (χ0) is 21.2. The van der Waals surface area contributed by atoms with Crippen LogP contribution < -0.4 is 20.1 Å². The van der Waals surface area contributed by atoms with Gasteiger partial charge in [-0.3, -0.25) is 9.59 Å². The van der Waals surface area contributed by atoms with Crippen molar-refractivity contribution in [2.75, 3.05) is 12.4 Å². The van der Waals surface area contributed by atoms with E-state index in [-0.39, 0.29) is 34.5 Å². The number of nitrogens with one attached hydrogen (secondary N) is 2. The summed E-state index contributed by atoms with van der Waals surface area (Å²) < 4.78 is 49.0. The minimum atomic E-state index is -4.52. The molecule has 1 fully saturated rings. The fraction of sp³-hybridized carbons (Fsp3) is 0.263. The first kappa shape index (κ1) is 20.8. The number of anilines is 1. The zero-order valence-electron chi connectivity index (χ0n) is 15.1. The van der Waals surface area contributed by atoms with Gasteiger partial charge in [0.25, 0.3) is 0 Å². The lowest BCUT2D eigenvalue weighted by atomic mass is 10.2. The quantitative estimate of drug-likeness (QED) is 0.741. The lowest BCUT2D eigenvalue weighted by molar-refractivity contribution is -0.137. The number of rotatable bonds is 5. The van der Waals surface area contributed by atoms with Gasteiger partial charge in [-0.25, -0.2) is 0 Å². The van der Waals surface area contributed by atoms with E-state index in [9.17, 15) is 22.8 Å². The van der Waals surface area contributed by atoms with Gasteiger partial charge < -0.3 is 20.1 Å². The molecule has 2 N–H and O–H groups in total. The van der Waals surface area contributed by atoms with E-state index in [1.807, 2.05) is 0 Å². The maximum Gasteiger partial charge on any atom is 0.416 e. The maximum atomic E-state index is 12.8. The summed E-state index contributed by atoms with van der Waals surface area (Å²) in [6.07, 6.45) is -3.87. The number of halogens is 4. The highest BCUT2D eigenvalue weighted by Gasteiger charge is 2.31. The molecule has 0 saturated carbocycles. The second kappa shape index (κ2) is 8.20. The van der Waals surface area contributed by atoms with Crippen molar-refractivity contribution < 1.29 is 32.2 Å². The van der Waals surface area contributed by atoms with Crippen LogP contribution in [0.1, 0.15) is 18.4 Å². The Morgan fingerprint density at radius 1 is 1.21 bits per heavy atom. The Bertz CT molecular complexity index is 950. The molecule has 0 radical (unpaired) electrons. The summed E-state index contributed by atoms with van der Waals surface area (Å²) in [5, 5.41) is 5.00. The average molecular weight is 429 g/mol. The Labute approximate surface area is 168 Å². The third-order valence-electron chi connectivity index (χ3n) is 4.23. The highest BCUT2D eigenvalue weighted by atomic mass is 35.5. The monoisotopic (exact) mass is 428 g/mol. The van der Waals surface area contributed by atoms with Gasteiger partial charge in [0, 0.05) is 12.5 Å². The van der Waals surface area contributed by atoms with Gasteiger partial charge in [0.1, 0.15) is 23.3 Å². The van der Waals surface area contributed by atoms with Crippen LogP contribution in [0.15, 0.2) is 36.4 Å². The Morgan fingerprint density at radius 3 is 2.52 bits per heavy atom. The van der Waals surface area contributed by atoms with Gasteiger partial charge in [0.15, 0.2) is 0 Å². The molecule has 1 saturated heterocycles. The fourth-order valence-corrected chi connectivity index (χ4v) is 2.98. The number of ether oxygens (including phenoxy) is 2. The highest BCUT2D eigenvalue weighted by molar-refractivity contribution is 6.32. The molecular weight excluding hydrogens is 413 g/mol. The number of methoxy groups -OCH3 is 1. The van der Waals surface area contributed by atoms with Crippen molar-refractivity contribution in [3.8, 4) is 17.2 Å². The number of benzene rings is 2. The largest absolute Gasteiger partial charge is 0.495 e. The fourth-order valence-electron chi connectivity index (χ4n) is 2.77. The topological polar surface area (TPSA) is 76.7 Å². The molecule has 154 valence electrons. The molecule has 1 unspecified atom stereocenters. The first-order chi connectivity index (χ1) is 13.7. The third kappa shape index (κ3) is 4.92. The molecule has 29 heavy (non-hydrogen) atoms. The molecule has 2 aromatic carbocycles. The van der Waals surface area contributed by atoms with Gasteiger partial charge in [0.2, 0.25) is 11.8 Å². The van der Waals surface area contributed by atoms with E-state index in [1.165, 1.54) is 25.3 Å². The number of alkyl halides is 3. The molecule has 3 rings (SSSR count). The Hall–Kier alpha value is -2.94. The first-order valence-electron chi connectivity index (χ1n) is 8.50. The molecule has 6 nitrogen and oxygen atoms in total. The Kier molecular flexibility index (Phi) is 5.88. The molecule has 1 aliphatic heterocycles. The molecule has 2 aromatic rings. The van der Waals surface area contributed by atoms with E-state index in [4.69, 9.17) is 21.1 Å². The highest BCUT2D eigenvalue weighted by Crippen LogP contribution is 2.38. The minimum Gasteiger partial charge on any atom is -0.495 e. The molecule has 0 aromatic heterocycles. The van der Waals surface area contributed by atoms with Crippen molar-refractivity contribution in [1.29, 1.82) is 0 Å². The predicted molar refractivity (Wildman–Crippen MR) is 99.3 cm³/mol. The number of amides is 2. The zero-order valence-corrected chi connectivity index (χ0v) is 15.9. The Balaban J connectivity index is 1.80. The lowest BCUT2D eigenvalue weighted by Gasteiger charge is -2.16. The molecular formula is C19H16ClF3N2O4. The molecule has 0 aliphatic carbocycles. The summed E-state index contributed by atoms with van der Waals surface area (Å²) in [5.41, 5.74) is -0.615. The van der Waals surface area contributed by atoms with Crippen LogP contribution in [0.25, 0.3) is 0 Å². The van der Waals surface area contributed by atoms with E-state index in [0.29, 0.717) is 12.2 Å². The smallest absolute Gasteiger partial charge is 0.416 e. The standard InChI is InChI=1S/C19H16ClF3N2O4/c1-28-16-6-3-11(9-14(16)25-18(27)13-4-7-17(26)24-13)29-15-5-2-10(8-12(15)20)19(21,22)23/h2-3,5-6,8-9,13H,4,7H2,1H3,(H,24,26)(H,25,27). The van der Waals surface area contributed by atoms with Crippen LogP contribution in [0.2, 0.25) is 5.02 Å². The molecule has 10 heteroatoms. The first-order valence-corrected chi connectivity index (χ1v) is 8.88. The minimum absolute atomic E-state index is 0.0187. The van der Waals surface area contributed by atoms with E-state index >= 15 is 0 Å². The number of carbonyl (C=O) groups excluding carboxylic acids is 2.